The highest BCUT2D eigenvalue weighted by Crippen LogP contribution is 2.44. The van der Waals surface area contributed by atoms with E-state index in [0.717, 1.165) is 16.0 Å². The van der Waals surface area contributed by atoms with Gasteiger partial charge in [-0.3, -0.25) is 5.32 Å². The van der Waals surface area contributed by atoms with Crippen molar-refractivity contribution in [1.29, 1.82) is 10.5 Å². The van der Waals surface area contributed by atoms with E-state index in [-0.39, 0.29) is 23.0 Å². The molecular weight excluding hydrogens is 384 g/mol. The zero-order valence-electron chi connectivity index (χ0n) is 15.4. The zero-order valence-corrected chi connectivity index (χ0v) is 16.2. The summed E-state index contributed by atoms with van der Waals surface area (Å²) in [5.74, 6) is 0.627. The predicted octanol–water partition coefficient (Wildman–Crippen LogP) is 3.10. The fourth-order valence-corrected chi connectivity index (χ4v) is 4.26. The van der Waals surface area contributed by atoms with E-state index in [1.807, 2.05) is 43.5 Å². The molecule has 0 amide bonds. The maximum absolute atomic E-state index is 9.47. The van der Waals surface area contributed by atoms with E-state index >= 15 is 0 Å². The molecule has 8 nitrogen and oxygen atoms in total. The van der Waals surface area contributed by atoms with Crippen molar-refractivity contribution >= 4 is 34.6 Å². The fourth-order valence-electron chi connectivity index (χ4n) is 3.35. The lowest BCUT2D eigenvalue weighted by Crippen LogP contribution is -2.32. The van der Waals surface area contributed by atoms with Crippen LogP contribution in [-0.4, -0.2) is 10.9 Å². The van der Waals surface area contributed by atoms with Gasteiger partial charge in [-0.1, -0.05) is 24.3 Å². The van der Waals surface area contributed by atoms with E-state index in [9.17, 15) is 5.26 Å². The number of aryl methyl sites for hydroxylation is 1. The largest absolute Gasteiger partial charge is 0.397 e. The molecule has 1 atom stereocenters. The summed E-state index contributed by atoms with van der Waals surface area (Å²) in [5, 5.41) is 24.0. The predicted molar refractivity (Wildman–Crippen MR) is 114 cm³/mol. The average Bonchev–Trinajstić information content (AvgIpc) is 3.14. The second kappa shape index (κ2) is 7.15. The second-order valence-corrected chi connectivity index (χ2v) is 7.69. The van der Waals surface area contributed by atoms with Crippen LogP contribution in [0, 0.1) is 29.7 Å². The van der Waals surface area contributed by atoms with Gasteiger partial charge in [0, 0.05) is 15.3 Å². The van der Waals surface area contributed by atoms with E-state index < -0.39 is 6.04 Å². The molecular formula is C20H16N8S. The minimum atomic E-state index is -0.569. The fraction of sp³-hybridized carbons (Fsp3) is 0.100. The van der Waals surface area contributed by atoms with Crippen LogP contribution in [0.4, 0.5) is 17.3 Å². The molecule has 0 spiro atoms. The molecule has 4 rings (SSSR count). The van der Waals surface area contributed by atoms with Crippen LogP contribution in [0.2, 0.25) is 0 Å². The molecule has 0 saturated carbocycles. The maximum Gasteiger partial charge on any atom is 0.211 e. The summed E-state index contributed by atoms with van der Waals surface area (Å²) in [6, 6.07) is 13.4. The van der Waals surface area contributed by atoms with Gasteiger partial charge in [0.25, 0.3) is 0 Å². The Labute approximate surface area is 171 Å². The number of anilines is 3. The number of nitrogen functional groups attached to an aromatic ring is 2. The van der Waals surface area contributed by atoms with E-state index in [2.05, 4.69) is 32.7 Å². The highest BCUT2D eigenvalue weighted by molar-refractivity contribution is 7.15. The molecule has 0 saturated heterocycles. The molecule has 9 heteroatoms. The van der Waals surface area contributed by atoms with Crippen LogP contribution in [-0.2, 0) is 0 Å². The van der Waals surface area contributed by atoms with E-state index in [4.69, 9.17) is 16.7 Å². The van der Waals surface area contributed by atoms with E-state index in [0.29, 0.717) is 11.4 Å². The van der Waals surface area contributed by atoms with Gasteiger partial charge in [0.2, 0.25) is 5.96 Å². The number of nitrogens with one attached hydrogen (secondary N) is 2. The number of nitrogens with two attached hydrogens (primary N) is 2. The van der Waals surface area contributed by atoms with Crippen molar-refractivity contribution in [1.82, 2.24) is 10.3 Å². The minimum Gasteiger partial charge on any atom is -0.397 e. The molecule has 3 aromatic rings. The average molecular weight is 400 g/mol. The first-order chi connectivity index (χ1) is 14.0. The van der Waals surface area contributed by atoms with Crippen molar-refractivity contribution in [3.05, 3.63) is 58.0 Å². The molecule has 1 aliphatic rings. The summed E-state index contributed by atoms with van der Waals surface area (Å²) in [7, 11) is 0. The summed E-state index contributed by atoms with van der Waals surface area (Å²) in [6.45, 7) is 2.05. The number of thiophene rings is 1. The number of pyridine rings is 1. The Morgan fingerprint density at radius 2 is 1.97 bits per heavy atom. The molecule has 6 N–H and O–H groups in total. The molecule has 1 aromatic carbocycles. The van der Waals surface area contributed by atoms with Gasteiger partial charge in [0.05, 0.1) is 5.69 Å². The summed E-state index contributed by atoms with van der Waals surface area (Å²) in [4.78, 5) is 11.2. The number of fused-ring (bicyclic) bond motifs is 1. The Morgan fingerprint density at radius 1 is 1.17 bits per heavy atom. The van der Waals surface area contributed by atoms with Crippen molar-refractivity contribution in [3.8, 4) is 22.7 Å². The molecule has 0 fully saturated rings. The van der Waals surface area contributed by atoms with Crippen molar-refractivity contribution < 1.29 is 0 Å². The molecule has 1 unspecified atom stereocenters. The molecule has 0 bridgehead atoms. The molecule has 0 radical (unpaired) electrons. The number of hydrogen-bond donors (Lipinski definition) is 4. The highest BCUT2D eigenvalue weighted by atomic mass is 32.1. The highest BCUT2D eigenvalue weighted by Gasteiger charge is 2.31. The summed E-state index contributed by atoms with van der Waals surface area (Å²) in [6.07, 6.45) is 1.86. The number of guanidine groups is 1. The Morgan fingerprint density at radius 3 is 2.66 bits per heavy atom. The first-order valence-electron chi connectivity index (χ1n) is 8.68. The number of rotatable bonds is 2. The summed E-state index contributed by atoms with van der Waals surface area (Å²) in [5.41, 5.74) is 15.0. The Hall–Kier alpha value is -4.08. The normalized spacial score (nSPS) is 14.7. The first-order valence-corrected chi connectivity index (χ1v) is 9.49. The van der Waals surface area contributed by atoms with Gasteiger partial charge in [-0.2, -0.15) is 10.5 Å². The summed E-state index contributed by atoms with van der Waals surface area (Å²) < 4.78 is 0. The SMILES string of the molecule is Cc1ccc(-c2ccccc2C2N=C(NC#N)Nc3nc(N)c(C#N)c(N)c32)s1. The van der Waals surface area contributed by atoms with E-state index in [1.165, 1.54) is 4.88 Å². The topological polar surface area (TPSA) is 149 Å². The quantitative estimate of drug-likeness (QED) is 0.381. The van der Waals surface area contributed by atoms with Gasteiger partial charge in [-0.15, -0.1) is 11.3 Å². The number of benzene rings is 1. The number of nitrogens with zero attached hydrogens (tertiary/aromatic N) is 4. The molecule has 1 aliphatic heterocycles. The van der Waals surface area contributed by atoms with Crippen molar-refractivity contribution in [2.45, 2.75) is 13.0 Å². The second-order valence-electron chi connectivity index (χ2n) is 6.40. The first kappa shape index (κ1) is 18.3. The third kappa shape index (κ3) is 3.10. The Kier molecular flexibility index (Phi) is 4.51. The minimum absolute atomic E-state index is 0.0235. The Bertz CT molecular complexity index is 1230. The molecule has 0 aliphatic carbocycles. The van der Waals surface area contributed by atoms with Gasteiger partial charge in [-0.05, 0) is 30.2 Å². The van der Waals surface area contributed by atoms with Crippen LogP contribution in [0.5, 0.6) is 0 Å². The number of nitriles is 2. The van der Waals surface area contributed by atoms with Crippen LogP contribution < -0.4 is 22.1 Å². The third-order valence-electron chi connectivity index (χ3n) is 4.62. The van der Waals surface area contributed by atoms with Crippen LogP contribution in [0.1, 0.15) is 27.6 Å². The van der Waals surface area contributed by atoms with Crippen molar-refractivity contribution in [3.63, 3.8) is 0 Å². The van der Waals surface area contributed by atoms with Crippen LogP contribution in [0.15, 0.2) is 41.4 Å². The van der Waals surface area contributed by atoms with Gasteiger partial charge in [0.1, 0.15) is 29.3 Å². The van der Waals surface area contributed by atoms with Crippen molar-refractivity contribution in [2.75, 3.05) is 16.8 Å². The third-order valence-corrected chi connectivity index (χ3v) is 5.65. The standard InChI is InChI=1S/C20H16N8S/c1-10-6-7-14(29-10)11-4-2-3-5-12(11)17-15-16(23)13(8-21)18(24)27-19(15)28-20(26-17)25-9-22/h2-7,17H,1H3,(H6,23,24,25,26,27,28). The monoisotopic (exact) mass is 400 g/mol. The summed E-state index contributed by atoms with van der Waals surface area (Å²) >= 11 is 1.67. The van der Waals surface area contributed by atoms with Crippen LogP contribution >= 0.6 is 11.3 Å². The molecule has 3 heterocycles. The van der Waals surface area contributed by atoms with Gasteiger partial charge in [0.15, 0.2) is 6.19 Å². The van der Waals surface area contributed by atoms with Gasteiger partial charge in [-0.25, -0.2) is 9.98 Å². The number of hydrogen-bond acceptors (Lipinski definition) is 9. The smallest absolute Gasteiger partial charge is 0.211 e. The maximum atomic E-state index is 9.47. The Balaban J connectivity index is 1.98. The van der Waals surface area contributed by atoms with E-state index in [1.54, 1.807) is 11.3 Å². The van der Waals surface area contributed by atoms with Crippen molar-refractivity contribution in [2.24, 2.45) is 4.99 Å². The lowest BCUT2D eigenvalue weighted by Gasteiger charge is -2.27. The number of aromatic nitrogens is 1. The van der Waals surface area contributed by atoms with Crippen LogP contribution in [0.3, 0.4) is 0 Å². The van der Waals surface area contributed by atoms with Crippen LogP contribution in [0.25, 0.3) is 10.4 Å². The molecule has 142 valence electrons. The number of aliphatic imine (C=N–C) groups is 1. The van der Waals surface area contributed by atoms with Gasteiger partial charge >= 0.3 is 0 Å². The van der Waals surface area contributed by atoms with Gasteiger partial charge < -0.3 is 16.8 Å². The zero-order chi connectivity index (χ0) is 20.5. The lowest BCUT2D eigenvalue weighted by atomic mass is 9.91. The molecule has 2 aromatic heterocycles. The molecule has 29 heavy (non-hydrogen) atoms. The lowest BCUT2D eigenvalue weighted by molar-refractivity contribution is 0.849.